The predicted octanol–water partition coefficient (Wildman–Crippen LogP) is 5.48. The number of hydrogen-bond acceptors (Lipinski definition) is 2. The van der Waals surface area contributed by atoms with Crippen LogP contribution in [0.1, 0.15) is 25.0 Å². The minimum absolute atomic E-state index is 0.0195. The van der Waals surface area contributed by atoms with Gasteiger partial charge in [-0.15, -0.1) is 0 Å². The third-order valence-corrected chi connectivity index (χ3v) is 3.77. The number of aliphatic hydroxyl groups excluding tert-OH is 1. The lowest BCUT2D eigenvalue weighted by atomic mass is 10.1. The fourth-order valence-corrected chi connectivity index (χ4v) is 2.49. The highest BCUT2D eigenvalue weighted by Gasteiger charge is 2.14. The quantitative estimate of drug-likeness (QED) is 0.733. The Morgan fingerprint density at radius 1 is 1.30 bits per heavy atom. The first kappa shape index (κ1) is 15.3. The topological polar surface area (TPSA) is 29.5 Å². The summed E-state index contributed by atoms with van der Waals surface area (Å²) in [4.78, 5) is 0. The van der Waals surface area contributed by atoms with E-state index in [-0.39, 0.29) is 5.02 Å². The SMILES string of the molecule is CCC(O)c1ccccc1Oc1cc(F)c(Cl)cc1Br. The van der Waals surface area contributed by atoms with Gasteiger partial charge in [0.2, 0.25) is 0 Å². The molecule has 2 nitrogen and oxygen atoms in total. The van der Waals surface area contributed by atoms with Crippen molar-refractivity contribution in [2.45, 2.75) is 19.4 Å². The molecule has 1 N–H and O–H groups in total. The van der Waals surface area contributed by atoms with Crippen LogP contribution in [0.15, 0.2) is 40.9 Å². The van der Waals surface area contributed by atoms with Crippen molar-refractivity contribution in [1.29, 1.82) is 0 Å². The smallest absolute Gasteiger partial charge is 0.145 e. The first-order valence-electron chi connectivity index (χ1n) is 6.12. The number of rotatable bonds is 4. The molecule has 2 aromatic rings. The van der Waals surface area contributed by atoms with Crippen LogP contribution in [0, 0.1) is 5.82 Å². The molecule has 0 saturated heterocycles. The molecule has 2 aromatic carbocycles. The van der Waals surface area contributed by atoms with E-state index in [1.165, 1.54) is 12.1 Å². The molecule has 0 saturated carbocycles. The van der Waals surface area contributed by atoms with Gasteiger partial charge < -0.3 is 9.84 Å². The van der Waals surface area contributed by atoms with E-state index >= 15 is 0 Å². The van der Waals surface area contributed by atoms with E-state index in [9.17, 15) is 9.50 Å². The first-order valence-corrected chi connectivity index (χ1v) is 7.29. The zero-order valence-electron chi connectivity index (χ0n) is 10.7. The molecule has 0 amide bonds. The Balaban J connectivity index is 2.38. The lowest BCUT2D eigenvalue weighted by molar-refractivity contribution is 0.170. The molecule has 0 heterocycles. The van der Waals surface area contributed by atoms with E-state index in [1.54, 1.807) is 18.2 Å². The molecule has 5 heteroatoms. The van der Waals surface area contributed by atoms with Crippen LogP contribution in [-0.2, 0) is 0 Å². The normalized spacial score (nSPS) is 12.2. The molecule has 0 aliphatic heterocycles. The Morgan fingerprint density at radius 3 is 2.70 bits per heavy atom. The second-order valence-corrected chi connectivity index (χ2v) is 5.52. The summed E-state index contributed by atoms with van der Waals surface area (Å²) in [5.41, 5.74) is 0.664. The van der Waals surface area contributed by atoms with Crippen LogP contribution >= 0.6 is 27.5 Å². The molecular weight excluding hydrogens is 347 g/mol. The van der Waals surface area contributed by atoms with E-state index in [4.69, 9.17) is 16.3 Å². The summed E-state index contributed by atoms with van der Waals surface area (Å²) >= 11 is 8.97. The lowest BCUT2D eigenvalue weighted by Gasteiger charge is -2.15. The van der Waals surface area contributed by atoms with Crippen LogP contribution in [0.5, 0.6) is 11.5 Å². The molecule has 1 atom stereocenters. The van der Waals surface area contributed by atoms with E-state index in [1.807, 2.05) is 13.0 Å². The zero-order chi connectivity index (χ0) is 14.7. The molecule has 0 spiro atoms. The second-order valence-electron chi connectivity index (χ2n) is 4.26. The van der Waals surface area contributed by atoms with E-state index in [0.29, 0.717) is 28.0 Å². The van der Waals surface area contributed by atoms with Crippen LogP contribution in [0.4, 0.5) is 4.39 Å². The van der Waals surface area contributed by atoms with Gasteiger partial charge in [0.05, 0.1) is 15.6 Å². The largest absolute Gasteiger partial charge is 0.456 e. The van der Waals surface area contributed by atoms with E-state index in [2.05, 4.69) is 15.9 Å². The summed E-state index contributed by atoms with van der Waals surface area (Å²) < 4.78 is 19.7. The minimum atomic E-state index is -0.623. The summed E-state index contributed by atoms with van der Waals surface area (Å²) in [5.74, 6) is 0.241. The molecule has 0 fully saturated rings. The van der Waals surface area contributed by atoms with Gasteiger partial charge in [0.25, 0.3) is 0 Å². The van der Waals surface area contributed by atoms with E-state index < -0.39 is 11.9 Å². The Kier molecular flexibility index (Phi) is 5.02. The molecule has 0 radical (unpaired) electrons. The summed E-state index contributed by atoms with van der Waals surface area (Å²) in [5, 5.41) is 9.99. The molecule has 0 bridgehead atoms. The maximum Gasteiger partial charge on any atom is 0.145 e. The highest BCUT2D eigenvalue weighted by molar-refractivity contribution is 9.10. The third-order valence-electron chi connectivity index (χ3n) is 2.86. The summed E-state index contributed by atoms with van der Waals surface area (Å²) in [6.45, 7) is 1.87. The van der Waals surface area contributed by atoms with Crippen LogP contribution in [0.3, 0.4) is 0 Å². The average Bonchev–Trinajstić information content (AvgIpc) is 2.44. The number of para-hydroxylation sites is 1. The second kappa shape index (κ2) is 6.57. The van der Waals surface area contributed by atoms with Crippen molar-refractivity contribution < 1.29 is 14.2 Å². The fraction of sp³-hybridized carbons (Fsp3) is 0.200. The van der Waals surface area contributed by atoms with Gasteiger partial charge in [0.1, 0.15) is 17.3 Å². The minimum Gasteiger partial charge on any atom is -0.456 e. The van der Waals surface area contributed by atoms with Crippen molar-refractivity contribution >= 4 is 27.5 Å². The van der Waals surface area contributed by atoms with Gasteiger partial charge in [0.15, 0.2) is 0 Å². The van der Waals surface area contributed by atoms with Gasteiger partial charge in [-0.1, -0.05) is 36.7 Å². The van der Waals surface area contributed by atoms with Crippen LogP contribution in [0.25, 0.3) is 0 Å². The lowest BCUT2D eigenvalue weighted by Crippen LogP contribution is -1.99. The standard InChI is InChI=1S/C15H13BrClFO2/c1-2-13(19)9-5-3-4-6-14(9)20-15-8-12(18)11(17)7-10(15)16/h3-8,13,19H,2H2,1H3. The van der Waals surface area contributed by atoms with Gasteiger partial charge in [-0.2, -0.15) is 0 Å². The molecule has 0 aromatic heterocycles. The van der Waals surface area contributed by atoms with Crippen molar-refractivity contribution in [3.8, 4) is 11.5 Å². The number of hydrogen-bond donors (Lipinski definition) is 1. The summed E-state index contributed by atoms with van der Waals surface area (Å²) in [6, 6.07) is 9.77. The Labute approximate surface area is 130 Å². The summed E-state index contributed by atoms with van der Waals surface area (Å²) in [6.07, 6.45) is -0.0570. The number of aliphatic hydroxyl groups is 1. The molecular formula is C15H13BrClFO2. The van der Waals surface area contributed by atoms with Gasteiger partial charge in [0, 0.05) is 11.6 Å². The van der Waals surface area contributed by atoms with Crippen molar-refractivity contribution in [3.63, 3.8) is 0 Å². The molecule has 1 unspecified atom stereocenters. The van der Waals surface area contributed by atoms with Crippen molar-refractivity contribution in [1.82, 2.24) is 0 Å². The molecule has 0 aliphatic rings. The monoisotopic (exact) mass is 358 g/mol. The van der Waals surface area contributed by atoms with E-state index in [0.717, 1.165) is 0 Å². The Morgan fingerprint density at radius 2 is 2.00 bits per heavy atom. The Hall–Kier alpha value is -1.10. The zero-order valence-corrected chi connectivity index (χ0v) is 13.1. The number of halogens is 3. The van der Waals surface area contributed by atoms with Gasteiger partial charge in [-0.25, -0.2) is 4.39 Å². The maximum atomic E-state index is 13.5. The number of benzene rings is 2. The fourth-order valence-electron chi connectivity index (χ4n) is 1.77. The van der Waals surface area contributed by atoms with Gasteiger partial charge in [-0.3, -0.25) is 0 Å². The summed E-state index contributed by atoms with van der Waals surface area (Å²) in [7, 11) is 0. The molecule has 20 heavy (non-hydrogen) atoms. The first-order chi connectivity index (χ1) is 9.52. The highest BCUT2D eigenvalue weighted by Crippen LogP contribution is 2.36. The van der Waals surface area contributed by atoms with Crippen LogP contribution in [-0.4, -0.2) is 5.11 Å². The van der Waals surface area contributed by atoms with Crippen molar-refractivity contribution in [3.05, 3.63) is 57.3 Å². The Bertz CT molecular complexity index is 619. The molecule has 0 aliphatic carbocycles. The van der Waals surface area contributed by atoms with Crippen LogP contribution in [0.2, 0.25) is 5.02 Å². The molecule has 106 valence electrons. The maximum absolute atomic E-state index is 13.5. The average molecular weight is 360 g/mol. The predicted molar refractivity (Wildman–Crippen MR) is 80.9 cm³/mol. The van der Waals surface area contributed by atoms with Crippen molar-refractivity contribution in [2.24, 2.45) is 0 Å². The van der Waals surface area contributed by atoms with Gasteiger partial charge in [-0.05, 0) is 34.5 Å². The molecule has 2 rings (SSSR count). The van der Waals surface area contributed by atoms with Gasteiger partial charge >= 0.3 is 0 Å². The van der Waals surface area contributed by atoms with Crippen molar-refractivity contribution in [2.75, 3.05) is 0 Å². The van der Waals surface area contributed by atoms with Crippen LogP contribution < -0.4 is 4.74 Å². The highest BCUT2D eigenvalue weighted by atomic mass is 79.9. The number of ether oxygens (including phenoxy) is 1. The third kappa shape index (κ3) is 3.32.